The molecule has 0 spiro atoms. The molecule has 0 saturated carbocycles. The Bertz CT molecular complexity index is 479. The van der Waals surface area contributed by atoms with Crippen LogP contribution in [0, 0.1) is 5.82 Å². The molecule has 0 amide bonds. The molecule has 1 heterocycles. The highest BCUT2D eigenvalue weighted by molar-refractivity contribution is 8.01. The molecule has 0 aliphatic carbocycles. The average Bonchev–Trinajstić information content (AvgIpc) is 2.61. The highest BCUT2D eigenvalue weighted by Gasteiger charge is 2.10. The average molecular weight is 254 g/mol. The number of thiazole rings is 1. The standard InChI is InChI=1S/C11H11FN2S2/c1-2-15-11-14-9(10(13)16-11)7-3-5-8(12)6-4-7/h3-6H,2,13H2,1H3. The molecule has 1 aromatic heterocycles. The lowest BCUT2D eigenvalue weighted by Crippen LogP contribution is -1.86. The Balaban J connectivity index is 2.36. The zero-order chi connectivity index (χ0) is 11.5. The Kier molecular flexibility index (Phi) is 3.46. The molecule has 0 fully saturated rings. The zero-order valence-electron chi connectivity index (χ0n) is 8.74. The second kappa shape index (κ2) is 4.84. The van der Waals surface area contributed by atoms with Gasteiger partial charge in [0, 0.05) is 5.56 Å². The van der Waals surface area contributed by atoms with Gasteiger partial charge in [0.05, 0.1) is 0 Å². The quantitative estimate of drug-likeness (QED) is 0.850. The Labute approximate surface area is 102 Å². The molecule has 0 saturated heterocycles. The van der Waals surface area contributed by atoms with Crippen LogP contribution in [-0.4, -0.2) is 10.7 Å². The van der Waals surface area contributed by atoms with Gasteiger partial charge in [0.25, 0.3) is 0 Å². The van der Waals surface area contributed by atoms with Crippen LogP contribution in [0.25, 0.3) is 11.3 Å². The summed E-state index contributed by atoms with van der Waals surface area (Å²) >= 11 is 3.14. The third-order valence-electron chi connectivity index (χ3n) is 2.02. The summed E-state index contributed by atoms with van der Waals surface area (Å²) in [6.07, 6.45) is 0. The lowest BCUT2D eigenvalue weighted by molar-refractivity contribution is 0.628. The fourth-order valence-electron chi connectivity index (χ4n) is 1.31. The molecule has 0 aliphatic heterocycles. The first-order valence-electron chi connectivity index (χ1n) is 4.85. The van der Waals surface area contributed by atoms with E-state index in [2.05, 4.69) is 11.9 Å². The number of rotatable bonds is 3. The molecule has 5 heteroatoms. The van der Waals surface area contributed by atoms with Gasteiger partial charge < -0.3 is 5.73 Å². The van der Waals surface area contributed by atoms with Gasteiger partial charge in [-0.1, -0.05) is 30.0 Å². The van der Waals surface area contributed by atoms with Crippen molar-refractivity contribution in [2.24, 2.45) is 0 Å². The van der Waals surface area contributed by atoms with Crippen LogP contribution < -0.4 is 5.73 Å². The van der Waals surface area contributed by atoms with Crippen molar-refractivity contribution in [1.29, 1.82) is 0 Å². The van der Waals surface area contributed by atoms with E-state index < -0.39 is 0 Å². The maximum absolute atomic E-state index is 12.8. The van der Waals surface area contributed by atoms with Crippen LogP contribution in [0.15, 0.2) is 28.6 Å². The third-order valence-corrected chi connectivity index (χ3v) is 3.93. The van der Waals surface area contributed by atoms with Crippen molar-refractivity contribution < 1.29 is 4.39 Å². The van der Waals surface area contributed by atoms with E-state index in [1.165, 1.54) is 23.5 Å². The van der Waals surface area contributed by atoms with Crippen LogP contribution in [-0.2, 0) is 0 Å². The van der Waals surface area contributed by atoms with Gasteiger partial charge in [0.1, 0.15) is 16.5 Å². The topological polar surface area (TPSA) is 38.9 Å². The number of nitrogen functional groups attached to an aromatic ring is 1. The summed E-state index contributed by atoms with van der Waals surface area (Å²) in [5.74, 6) is 0.719. The molecule has 2 aromatic rings. The van der Waals surface area contributed by atoms with Crippen molar-refractivity contribution in [2.45, 2.75) is 11.3 Å². The van der Waals surface area contributed by atoms with Gasteiger partial charge in [-0.15, -0.1) is 0 Å². The minimum Gasteiger partial charge on any atom is -0.389 e. The molecule has 0 atom stereocenters. The first-order valence-corrected chi connectivity index (χ1v) is 6.66. The summed E-state index contributed by atoms with van der Waals surface area (Å²) in [5, 5.41) is 0.683. The Hall–Kier alpha value is -1.07. The van der Waals surface area contributed by atoms with Crippen molar-refractivity contribution in [3.63, 3.8) is 0 Å². The molecule has 0 unspecified atom stereocenters. The monoisotopic (exact) mass is 254 g/mol. The van der Waals surface area contributed by atoms with Gasteiger partial charge in [-0.2, -0.15) is 0 Å². The van der Waals surface area contributed by atoms with Gasteiger partial charge in [0.2, 0.25) is 0 Å². The molecule has 84 valence electrons. The lowest BCUT2D eigenvalue weighted by atomic mass is 10.2. The molecule has 0 aliphatic rings. The van der Waals surface area contributed by atoms with Gasteiger partial charge in [0.15, 0.2) is 4.34 Å². The Morgan fingerprint density at radius 1 is 1.38 bits per heavy atom. The number of aromatic nitrogens is 1. The van der Waals surface area contributed by atoms with Crippen LogP contribution in [0.4, 0.5) is 9.39 Å². The predicted molar refractivity (Wildman–Crippen MR) is 68.3 cm³/mol. The first-order chi connectivity index (χ1) is 7.70. The molecular weight excluding hydrogens is 243 g/mol. The highest BCUT2D eigenvalue weighted by Crippen LogP contribution is 2.35. The van der Waals surface area contributed by atoms with Crippen molar-refractivity contribution in [3.8, 4) is 11.3 Å². The maximum Gasteiger partial charge on any atom is 0.152 e. The van der Waals surface area contributed by atoms with E-state index in [4.69, 9.17) is 5.73 Å². The zero-order valence-corrected chi connectivity index (χ0v) is 10.4. The molecule has 2 N–H and O–H groups in total. The molecule has 16 heavy (non-hydrogen) atoms. The predicted octanol–water partition coefficient (Wildman–Crippen LogP) is 3.64. The molecule has 2 rings (SSSR count). The second-order valence-electron chi connectivity index (χ2n) is 3.13. The number of thioether (sulfide) groups is 1. The number of hydrogen-bond acceptors (Lipinski definition) is 4. The van der Waals surface area contributed by atoms with Gasteiger partial charge >= 0.3 is 0 Å². The third kappa shape index (κ3) is 2.36. The number of hydrogen-bond donors (Lipinski definition) is 1. The molecule has 0 bridgehead atoms. The van der Waals surface area contributed by atoms with E-state index in [-0.39, 0.29) is 5.82 Å². The second-order valence-corrected chi connectivity index (χ2v) is 5.67. The smallest absolute Gasteiger partial charge is 0.152 e. The maximum atomic E-state index is 12.8. The van der Waals surface area contributed by atoms with Crippen molar-refractivity contribution >= 4 is 28.1 Å². The van der Waals surface area contributed by atoms with E-state index in [1.807, 2.05) is 0 Å². The summed E-state index contributed by atoms with van der Waals surface area (Å²) in [7, 11) is 0. The van der Waals surface area contributed by atoms with E-state index in [9.17, 15) is 4.39 Å². The van der Waals surface area contributed by atoms with E-state index in [1.54, 1.807) is 23.9 Å². The first kappa shape index (κ1) is 11.4. The van der Waals surface area contributed by atoms with Gasteiger partial charge in [-0.3, -0.25) is 0 Å². The van der Waals surface area contributed by atoms with Crippen LogP contribution in [0.3, 0.4) is 0 Å². The van der Waals surface area contributed by atoms with E-state index in [0.717, 1.165) is 21.3 Å². The van der Waals surface area contributed by atoms with Gasteiger partial charge in [-0.25, -0.2) is 9.37 Å². The lowest BCUT2D eigenvalue weighted by Gasteiger charge is -1.97. The SMILES string of the molecule is CCSc1nc(-c2ccc(F)cc2)c(N)s1. The summed E-state index contributed by atoms with van der Waals surface area (Å²) < 4.78 is 13.7. The normalized spacial score (nSPS) is 10.6. The molecular formula is C11H11FN2S2. The van der Waals surface area contributed by atoms with Gasteiger partial charge in [-0.05, 0) is 30.0 Å². The fraction of sp³-hybridized carbons (Fsp3) is 0.182. The van der Waals surface area contributed by atoms with E-state index in [0.29, 0.717) is 5.00 Å². The van der Waals surface area contributed by atoms with Crippen LogP contribution in [0.5, 0.6) is 0 Å². The van der Waals surface area contributed by atoms with Crippen LogP contribution >= 0.6 is 23.1 Å². The Morgan fingerprint density at radius 2 is 2.06 bits per heavy atom. The Morgan fingerprint density at radius 3 is 2.69 bits per heavy atom. The summed E-state index contributed by atoms with van der Waals surface area (Å²) in [6.45, 7) is 2.07. The minimum absolute atomic E-state index is 0.249. The number of nitrogens with zero attached hydrogens (tertiary/aromatic N) is 1. The van der Waals surface area contributed by atoms with Crippen molar-refractivity contribution in [2.75, 3.05) is 11.5 Å². The summed E-state index contributed by atoms with van der Waals surface area (Å²) in [5.41, 5.74) is 7.50. The van der Waals surface area contributed by atoms with E-state index >= 15 is 0 Å². The van der Waals surface area contributed by atoms with Crippen LogP contribution in [0.1, 0.15) is 6.92 Å². The molecule has 2 nitrogen and oxygen atoms in total. The summed E-state index contributed by atoms with van der Waals surface area (Å²) in [6, 6.07) is 6.23. The summed E-state index contributed by atoms with van der Waals surface area (Å²) in [4.78, 5) is 4.43. The fourth-order valence-corrected chi connectivity index (χ4v) is 3.16. The molecule has 1 aromatic carbocycles. The molecule has 0 radical (unpaired) electrons. The number of halogens is 1. The highest BCUT2D eigenvalue weighted by atomic mass is 32.2. The largest absolute Gasteiger partial charge is 0.389 e. The van der Waals surface area contributed by atoms with Crippen molar-refractivity contribution in [3.05, 3.63) is 30.1 Å². The number of nitrogens with two attached hydrogens (primary N) is 1. The van der Waals surface area contributed by atoms with Crippen molar-refractivity contribution in [1.82, 2.24) is 4.98 Å². The minimum atomic E-state index is -0.249. The number of benzene rings is 1. The number of anilines is 1. The van der Waals surface area contributed by atoms with Crippen LogP contribution in [0.2, 0.25) is 0 Å².